The minimum Gasteiger partial charge on any atom is -0.480 e. The lowest BCUT2D eigenvalue weighted by Crippen LogP contribution is -2.52. The monoisotopic (exact) mass is 285 g/mol. The fraction of sp³-hybridized carbons (Fsp3) is 0.667. The first-order valence-corrected chi connectivity index (χ1v) is 6.88. The molecule has 1 N–H and O–H groups in total. The van der Waals surface area contributed by atoms with E-state index in [1.807, 2.05) is 13.8 Å². The van der Waals surface area contributed by atoms with Crippen LogP contribution in [-0.2, 0) is 4.79 Å². The van der Waals surface area contributed by atoms with Gasteiger partial charge in [0.15, 0.2) is 0 Å². The lowest BCUT2D eigenvalue weighted by molar-refractivity contribution is -0.147. The van der Waals surface area contributed by atoms with Crippen LogP contribution in [0, 0.1) is 0 Å². The van der Waals surface area contributed by atoms with Crippen molar-refractivity contribution in [3.63, 3.8) is 0 Å². The third-order valence-electron chi connectivity index (χ3n) is 3.01. The van der Waals surface area contributed by atoms with Crippen molar-refractivity contribution in [2.45, 2.75) is 46.1 Å². The number of carboxylic acids is 1. The summed E-state index contributed by atoms with van der Waals surface area (Å²) < 4.78 is 3.80. The summed E-state index contributed by atoms with van der Waals surface area (Å²) in [5.74, 6) is -1.29. The zero-order valence-corrected chi connectivity index (χ0v) is 12.6. The fourth-order valence-electron chi connectivity index (χ4n) is 1.75. The standard InChI is InChI=1S/C12H19N3O3S/c1-6-15(12(4,5)11(17)18)10(16)9-8(7(2)3)13-14-19-9/h7H,6H2,1-5H3,(H,17,18). The third-order valence-corrected chi connectivity index (χ3v) is 3.74. The van der Waals surface area contributed by atoms with Crippen molar-refractivity contribution in [2.75, 3.05) is 6.54 Å². The molecule has 7 heteroatoms. The topological polar surface area (TPSA) is 83.4 Å². The number of rotatable bonds is 5. The summed E-state index contributed by atoms with van der Waals surface area (Å²) in [6, 6.07) is 0. The molecule has 0 fully saturated rings. The molecule has 0 aliphatic carbocycles. The molecule has 0 radical (unpaired) electrons. The highest BCUT2D eigenvalue weighted by molar-refractivity contribution is 7.08. The molecule has 1 aromatic rings. The van der Waals surface area contributed by atoms with Crippen LogP contribution in [0.15, 0.2) is 0 Å². The maximum atomic E-state index is 12.5. The Kier molecular flexibility index (Phi) is 4.62. The van der Waals surface area contributed by atoms with E-state index < -0.39 is 11.5 Å². The van der Waals surface area contributed by atoms with Gasteiger partial charge in [-0.25, -0.2) is 4.79 Å². The maximum absolute atomic E-state index is 12.5. The minimum absolute atomic E-state index is 0.0735. The lowest BCUT2D eigenvalue weighted by atomic mass is 10.0. The van der Waals surface area contributed by atoms with Crippen LogP contribution in [-0.4, -0.2) is 43.6 Å². The quantitative estimate of drug-likeness (QED) is 0.894. The lowest BCUT2D eigenvalue weighted by Gasteiger charge is -2.34. The van der Waals surface area contributed by atoms with Gasteiger partial charge in [-0.05, 0) is 38.2 Å². The second kappa shape index (κ2) is 5.64. The fourth-order valence-corrected chi connectivity index (χ4v) is 2.52. The smallest absolute Gasteiger partial charge is 0.329 e. The summed E-state index contributed by atoms with van der Waals surface area (Å²) in [7, 11) is 0. The molecule has 106 valence electrons. The van der Waals surface area contributed by atoms with Crippen LogP contribution >= 0.6 is 11.5 Å². The summed E-state index contributed by atoms with van der Waals surface area (Å²) in [5.41, 5.74) is -0.640. The summed E-state index contributed by atoms with van der Waals surface area (Å²) in [5, 5.41) is 13.2. The van der Waals surface area contributed by atoms with Crippen molar-refractivity contribution in [1.29, 1.82) is 0 Å². The number of aliphatic carboxylic acids is 1. The number of carbonyl (C=O) groups is 2. The van der Waals surface area contributed by atoms with Crippen LogP contribution in [0.3, 0.4) is 0 Å². The number of carboxylic acid groups (broad SMARTS) is 1. The predicted molar refractivity (Wildman–Crippen MR) is 72.4 cm³/mol. The van der Waals surface area contributed by atoms with E-state index >= 15 is 0 Å². The second-order valence-corrected chi connectivity index (χ2v) is 5.81. The minimum atomic E-state index is -1.26. The molecule has 1 rings (SSSR count). The molecule has 0 saturated heterocycles. The van der Waals surface area contributed by atoms with Crippen molar-refractivity contribution in [3.05, 3.63) is 10.6 Å². The number of amides is 1. The van der Waals surface area contributed by atoms with Crippen LogP contribution in [0.5, 0.6) is 0 Å². The molecule has 0 aliphatic rings. The molecular weight excluding hydrogens is 266 g/mol. The molecule has 1 heterocycles. The Balaban J connectivity index is 3.16. The molecule has 1 amide bonds. The molecular formula is C12H19N3O3S. The van der Waals surface area contributed by atoms with E-state index in [0.717, 1.165) is 11.5 Å². The van der Waals surface area contributed by atoms with Gasteiger partial charge in [-0.3, -0.25) is 4.79 Å². The summed E-state index contributed by atoms with van der Waals surface area (Å²) in [6.45, 7) is 8.94. The molecule has 0 aromatic carbocycles. The van der Waals surface area contributed by atoms with Gasteiger partial charge in [0.1, 0.15) is 10.4 Å². The molecule has 0 spiro atoms. The van der Waals surface area contributed by atoms with Gasteiger partial charge in [-0.1, -0.05) is 18.3 Å². The molecule has 19 heavy (non-hydrogen) atoms. The summed E-state index contributed by atoms with van der Waals surface area (Å²) in [4.78, 5) is 25.6. The van der Waals surface area contributed by atoms with E-state index in [4.69, 9.17) is 0 Å². The second-order valence-electron chi connectivity index (χ2n) is 5.06. The molecule has 0 saturated carbocycles. The average Bonchev–Trinajstić information content (AvgIpc) is 2.77. The first kappa shape index (κ1) is 15.6. The van der Waals surface area contributed by atoms with E-state index in [9.17, 15) is 14.7 Å². The number of likely N-dealkylation sites (N-methyl/N-ethyl adjacent to an activating group) is 1. The summed E-state index contributed by atoms with van der Waals surface area (Å²) >= 11 is 1.01. The SMILES string of the molecule is CCN(C(=O)c1snnc1C(C)C)C(C)(C)C(=O)O. The molecule has 1 aromatic heterocycles. The molecule has 0 unspecified atom stereocenters. The number of hydrogen-bond acceptors (Lipinski definition) is 5. The van der Waals surface area contributed by atoms with Gasteiger partial charge >= 0.3 is 5.97 Å². The first-order chi connectivity index (χ1) is 8.73. The van der Waals surface area contributed by atoms with Crippen LogP contribution < -0.4 is 0 Å². The van der Waals surface area contributed by atoms with E-state index in [2.05, 4.69) is 9.59 Å². The Morgan fingerprint density at radius 1 is 1.42 bits per heavy atom. The Labute approximate surface area is 116 Å². The van der Waals surface area contributed by atoms with Gasteiger partial charge in [0.05, 0.1) is 5.69 Å². The van der Waals surface area contributed by atoms with E-state index in [0.29, 0.717) is 17.1 Å². The van der Waals surface area contributed by atoms with Gasteiger partial charge in [0.25, 0.3) is 5.91 Å². The Bertz CT molecular complexity index is 482. The number of nitrogens with zero attached hydrogens (tertiary/aromatic N) is 3. The van der Waals surface area contributed by atoms with Crippen molar-refractivity contribution >= 4 is 23.4 Å². The van der Waals surface area contributed by atoms with Gasteiger partial charge < -0.3 is 10.0 Å². The van der Waals surface area contributed by atoms with Crippen molar-refractivity contribution < 1.29 is 14.7 Å². The van der Waals surface area contributed by atoms with Crippen LogP contribution in [0.25, 0.3) is 0 Å². The number of hydrogen-bond donors (Lipinski definition) is 1. The zero-order valence-electron chi connectivity index (χ0n) is 11.8. The van der Waals surface area contributed by atoms with Crippen molar-refractivity contribution in [2.24, 2.45) is 0 Å². The Morgan fingerprint density at radius 2 is 2.00 bits per heavy atom. The molecule has 0 bridgehead atoms. The van der Waals surface area contributed by atoms with Crippen LogP contribution in [0.2, 0.25) is 0 Å². The summed E-state index contributed by atoms with van der Waals surface area (Å²) in [6.07, 6.45) is 0. The van der Waals surface area contributed by atoms with E-state index in [1.54, 1.807) is 6.92 Å². The number of aromatic nitrogens is 2. The first-order valence-electron chi connectivity index (χ1n) is 6.11. The Hall–Kier alpha value is -1.50. The highest BCUT2D eigenvalue weighted by Crippen LogP contribution is 2.25. The average molecular weight is 285 g/mol. The van der Waals surface area contributed by atoms with Crippen LogP contribution in [0.1, 0.15) is 55.9 Å². The number of carbonyl (C=O) groups excluding carboxylic acids is 1. The van der Waals surface area contributed by atoms with Crippen LogP contribution in [0.4, 0.5) is 0 Å². The third kappa shape index (κ3) is 2.91. The van der Waals surface area contributed by atoms with E-state index in [1.165, 1.54) is 18.7 Å². The maximum Gasteiger partial charge on any atom is 0.329 e. The molecule has 6 nitrogen and oxygen atoms in total. The van der Waals surface area contributed by atoms with Gasteiger partial charge in [0.2, 0.25) is 0 Å². The zero-order chi connectivity index (χ0) is 14.8. The van der Waals surface area contributed by atoms with Crippen molar-refractivity contribution in [1.82, 2.24) is 14.5 Å². The normalized spacial score (nSPS) is 11.7. The van der Waals surface area contributed by atoms with Gasteiger partial charge in [-0.15, -0.1) is 5.10 Å². The largest absolute Gasteiger partial charge is 0.480 e. The van der Waals surface area contributed by atoms with Gasteiger partial charge in [-0.2, -0.15) is 0 Å². The van der Waals surface area contributed by atoms with Crippen molar-refractivity contribution in [3.8, 4) is 0 Å². The predicted octanol–water partition coefficient (Wildman–Crippen LogP) is 1.99. The highest BCUT2D eigenvalue weighted by Gasteiger charge is 2.38. The molecule has 0 aliphatic heterocycles. The molecule has 0 atom stereocenters. The van der Waals surface area contributed by atoms with E-state index in [-0.39, 0.29) is 11.8 Å². The highest BCUT2D eigenvalue weighted by atomic mass is 32.1. The van der Waals surface area contributed by atoms with Gasteiger partial charge in [0, 0.05) is 6.54 Å². The Morgan fingerprint density at radius 3 is 2.42 bits per heavy atom.